The van der Waals surface area contributed by atoms with E-state index in [2.05, 4.69) is 5.32 Å². The third-order valence-corrected chi connectivity index (χ3v) is 3.67. The number of nitrogens with zero attached hydrogens (tertiary/aromatic N) is 1. The van der Waals surface area contributed by atoms with E-state index in [0.29, 0.717) is 23.0 Å². The van der Waals surface area contributed by atoms with E-state index in [1.54, 1.807) is 18.2 Å². The van der Waals surface area contributed by atoms with Crippen LogP contribution in [0.15, 0.2) is 48.5 Å². The van der Waals surface area contributed by atoms with Crippen LogP contribution < -0.4 is 10.1 Å². The van der Waals surface area contributed by atoms with Crippen LogP contribution in [0.3, 0.4) is 0 Å². The van der Waals surface area contributed by atoms with Gasteiger partial charge >= 0.3 is 0 Å². The molecule has 24 heavy (non-hydrogen) atoms. The number of ether oxygens (including phenoxy) is 1. The number of benzene rings is 2. The van der Waals surface area contributed by atoms with Gasteiger partial charge in [-0.05, 0) is 23.8 Å². The van der Waals surface area contributed by atoms with Crippen LogP contribution in [0.2, 0.25) is 5.02 Å². The molecule has 0 heterocycles. The standard InChI is InChI=1S/C18H19ClN2O3/c1-13(22)21(11-14-6-4-3-5-7-14)12-18(23)20-16-10-15(19)8-9-17(16)24-2/h3-10H,11-12H2,1-2H3,(H,20,23). The SMILES string of the molecule is COc1ccc(Cl)cc1NC(=O)CN(Cc1ccccc1)C(C)=O. The Morgan fingerprint density at radius 3 is 2.50 bits per heavy atom. The Balaban J connectivity index is 2.06. The first-order valence-corrected chi connectivity index (χ1v) is 7.80. The second kappa shape index (κ2) is 8.36. The quantitative estimate of drug-likeness (QED) is 0.872. The third kappa shape index (κ3) is 4.99. The molecule has 126 valence electrons. The van der Waals surface area contributed by atoms with Crippen molar-refractivity contribution in [2.75, 3.05) is 19.0 Å². The number of hydrogen-bond donors (Lipinski definition) is 1. The van der Waals surface area contributed by atoms with Gasteiger partial charge in [0, 0.05) is 18.5 Å². The minimum absolute atomic E-state index is 0.0557. The summed E-state index contributed by atoms with van der Waals surface area (Å²) in [6, 6.07) is 14.5. The molecule has 2 rings (SSSR count). The maximum atomic E-state index is 12.3. The van der Waals surface area contributed by atoms with Crippen LogP contribution in [-0.4, -0.2) is 30.4 Å². The number of methoxy groups -OCH3 is 1. The molecule has 2 amide bonds. The lowest BCUT2D eigenvalue weighted by Gasteiger charge is -2.21. The largest absolute Gasteiger partial charge is 0.495 e. The molecule has 0 aliphatic rings. The summed E-state index contributed by atoms with van der Waals surface area (Å²) < 4.78 is 5.20. The van der Waals surface area contributed by atoms with Crippen molar-refractivity contribution in [3.8, 4) is 5.75 Å². The molecular formula is C18H19ClN2O3. The van der Waals surface area contributed by atoms with Crippen molar-refractivity contribution < 1.29 is 14.3 Å². The lowest BCUT2D eigenvalue weighted by molar-refractivity contribution is -0.133. The van der Waals surface area contributed by atoms with Gasteiger partial charge in [-0.3, -0.25) is 9.59 Å². The zero-order valence-corrected chi connectivity index (χ0v) is 14.3. The summed E-state index contributed by atoms with van der Waals surface area (Å²) >= 11 is 5.95. The lowest BCUT2D eigenvalue weighted by Crippen LogP contribution is -2.36. The molecule has 0 aliphatic heterocycles. The van der Waals surface area contributed by atoms with Crippen LogP contribution in [0.25, 0.3) is 0 Å². The van der Waals surface area contributed by atoms with Crippen LogP contribution in [0.4, 0.5) is 5.69 Å². The molecule has 0 bridgehead atoms. The highest BCUT2D eigenvalue weighted by Crippen LogP contribution is 2.27. The average molecular weight is 347 g/mol. The van der Waals surface area contributed by atoms with Gasteiger partial charge in [0.15, 0.2) is 0 Å². The van der Waals surface area contributed by atoms with Gasteiger partial charge in [0.25, 0.3) is 0 Å². The predicted octanol–water partition coefficient (Wildman–Crippen LogP) is 3.34. The number of hydrogen-bond acceptors (Lipinski definition) is 3. The van der Waals surface area contributed by atoms with E-state index in [1.165, 1.54) is 18.9 Å². The topological polar surface area (TPSA) is 58.6 Å². The first-order valence-electron chi connectivity index (χ1n) is 7.42. The highest BCUT2D eigenvalue weighted by Gasteiger charge is 2.15. The van der Waals surface area contributed by atoms with Gasteiger partial charge in [-0.25, -0.2) is 0 Å². The van der Waals surface area contributed by atoms with E-state index in [4.69, 9.17) is 16.3 Å². The van der Waals surface area contributed by atoms with Crippen LogP contribution in [-0.2, 0) is 16.1 Å². The maximum absolute atomic E-state index is 12.3. The average Bonchev–Trinajstić information content (AvgIpc) is 2.55. The summed E-state index contributed by atoms with van der Waals surface area (Å²) in [6.45, 7) is 1.76. The molecule has 0 spiro atoms. The van der Waals surface area contributed by atoms with Crippen molar-refractivity contribution >= 4 is 29.1 Å². The molecule has 0 saturated carbocycles. The minimum Gasteiger partial charge on any atom is -0.495 e. The zero-order chi connectivity index (χ0) is 17.5. The highest BCUT2D eigenvalue weighted by atomic mass is 35.5. The lowest BCUT2D eigenvalue weighted by atomic mass is 10.2. The molecule has 0 unspecified atom stereocenters. The second-order valence-corrected chi connectivity index (χ2v) is 5.69. The summed E-state index contributed by atoms with van der Waals surface area (Å²) in [5, 5.41) is 3.22. The Bertz CT molecular complexity index is 719. The number of carbonyl (C=O) groups excluding carboxylic acids is 2. The van der Waals surface area contributed by atoms with Gasteiger partial charge in [-0.2, -0.15) is 0 Å². The molecule has 2 aromatic carbocycles. The number of nitrogens with one attached hydrogen (secondary N) is 1. The van der Waals surface area contributed by atoms with Crippen molar-refractivity contribution in [3.63, 3.8) is 0 Å². The number of halogens is 1. The van der Waals surface area contributed by atoms with Gasteiger partial charge in [-0.1, -0.05) is 41.9 Å². The Morgan fingerprint density at radius 1 is 1.17 bits per heavy atom. The van der Waals surface area contributed by atoms with Crippen molar-refractivity contribution in [1.29, 1.82) is 0 Å². The van der Waals surface area contributed by atoms with Crippen molar-refractivity contribution in [1.82, 2.24) is 4.90 Å². The molecule has 0 fully saturated rings. The summed E-state index contributed by atoms with van der Waals surface area (Å²) in [4.78, 5) is 25.6. The first-order chi connectivity index (χ1) is 11.5. The Hall–Kier alpha value is -2.53. The monoisotopic (exact) mass is 346 g/mol. The van der Waals surface area contributed by atoms with Gasteiger partial charge in [0.2, 0.25) is 11.8 Å². The van der Waals surface area contributed by atoms with Gasteiger partial charge in [0.05, 0.1) is 12.8 Å². The Labute approximate surface area is 146 Å². The van der Waals surface area contributed by atoms with Crippen molar-refractivity contribution in [2.45, 2.75) is 13.5 Å². The fraction of sp³-hybridized carbons (Fsp3) is 0.222. The third-order valence-electron chi connectivity index (χ3n) is 3.43. The molecule has 0 atom stereocenters. The molecule has 0 aromatic heterocycles. The minimum atomic E-state index is -0.318. The van der Waals surface area contributed by atoms with Crippen molar-refractivity contribution in [3.05, 3.63) is 59.1 Å². The number of rotatable bonds is 6. The molecular weight excluding hydrogens is 328 g/mol. The summed E-state index contributed by atoms with van der Waals surface area (Å²) in [7, 11) is 1.51. The van der Waals surface area contributed by atoms with Crippen LogP contribution in [0.1, 0.15) is 12.5 Å². The zero-order valence-electron chi connectivity index (χ0n) is 13.6. The fourth-order valence-corrected chi connectivity index (χ4v) is 2.40. The Kier molecular flexibility index (Phi) is 6.21. The second-order valence-electron chi connectivity index (χ2n) is 5.25. The Morgan fingerprint density at radius 2 is 1.88 bits per heavy atom. The fourth-order valence-electron chi connectivity index (χ4n) is 2.22. The molecule has 1 N–H and O–H groups in total. The number of carbonyl (C=O) groups is 2. The van der Waals surface area contributed by atoms with Crippen LogP contribution in [0.5, 0.6) is 5.75 Å². The van der Waals surface area contributed by atoms with E-state index in [1.807, 2.05) is 30.3 Å². The first kappa shape index (κ1) is 17.8. The highest BCUT2D eigenvalue weighted by molar-refractivity contribution is 6.31. The van der Waals surface area contributed by atoms with E-state index >= 15 is 0 Å². The maximum Gasteiger partial charge on any atom is 0.244 e. The normalized spacial score (nSPS) is 10.1. The van der Waals surface area contributed by atoms with E-state index in [-0.39, 0.29) is 18.4 Å². The summed E-state index contributed by atoms with van der Waals surface area (Å²) in [5.74, 6) is 0.0129. The van der Waals surface area contributed by atoms with E-state index in [9.17, 15) is 9.59 Å². The van der Waals surface area contributed by atoms with Gasteiger partial charge in [-0.15, -0.1) is 0 Å². The van der Waals surface area contributed by atoms with Gasteiger partial charge in [0.1, 0.15) is 12.3 Å². The van der Waals surface area contributed by atoms with Crippen LogP contribution in [0, 0.1) is 0 Å². The smallest absolute Gasteiger partial charge is 0.244 e. The molecule has 2 aromatic rings. The number of amides is 2. The van der Waals surface area contributed by atoms with Crippen LogP contribution >= 0.6 is 11.6 Å². The van der Waals surface area contributed by atoms with E-state index in [0.717, 1.165) is 5.56 Å². The molecule has 0 radical (unpaired) electrons. The molecule has 0 aliphatic carbocycles. The van der Waals surface area contributed by atoms with Gasteiger partial charge < -0.3 is 15.0 Å². The predicted molar refractivity (Wildman–Crippen MR) is 94.2 cm³/mol. The summed E-state index contributed by atoms with van der Waals surface area (Å²) in [5.41, 5.74) is 1.43. The number of anilines is 1. The molecule has 6 heteroatoms. The summed E-state index contributed by atoms with van der Waals surface area (Å²) in [6.07, 6.45) is 0. The molecule has 0 saturated heterocycles. The molecule has 5 nitrogen and oxygen atoms in total. The van der Waals surface area contributed by atoms with E-state index < -0.39 is 0 Å². The van der Waals surface area contributed by atoms with Crippen molar-refractivity contribution in [2.24, 2.45) is 0 Å².